The molecule has 1 unspecified atom stereocenters. The molecule has 3 rings (SSSR count). The predicted octanol–water partition coefficient (Wildman–Crippen LogP) is 2.14. The Labute approximate surface area is 107 Å². The van der Waals surface area contributed by atoms with E-state index in [1.807, 2.05) is 22.1 Å². The van der Waals surface area contributed by atoms with Crippen LogP contribution in [0.4, 0.5) is 0 Å². The SMILES string of the molecule is O=C(O)c1nc(-c2cccs2)n2c1C(O)CCC2. The van der Waals surface area contributed by atoms with Crippen molar-refractivity contribution in [2.45, 2.75) is 25.5 Å². The largest absolute Gasteiger partial charge is 0.476 e. The molecule has 0 amide bonds. The number of hydrogen-bond donors (Lipinski definition) is 2. The number of imidazole rings is 1. The average Bonchev–Trinajstić information content (AvgIpc) is 2.95. The van der Waals surface area contributed by atoms with Crippen molar-refractivity contribution in [1.29, 1.82) is 0 Å². The summed E-state index contributed by atoms with van der Waals surface area (Å²) in [6, 6.07) is 3.81. The van der Waals surface area contributed by atoms with Crippen LogP contribution >= 0.6 is 11.3 Å². The molecule has 1 aliphatic rings. The Balaban J connectivity index is 2.22. The van der Waals surface area contributed by atoms with E-state index in [1.165, 1.54) is 11.3 Å². The van der Waals surface area contributed by atoms with Crippen LogP contribution in [0.25, 0.3) is 10.7 Å². The summed E-state index contributed by atoms with van der Waals surface area (Å²) in [5.74, 6) is -0.432. The van der Waals surface area contributed by atoms with Crippen LogP contribution < -0.4 is 0 Å². The van der Waals surface area contributed by atoms with Crippen LogP contribution in [-0.4, -0.2) is 25.7 Å². The fraction of sp³-hybridized carbons (Fsp3) is 0.333. The molecule has 0 bridgehead atoms. The van der Waals surface area contributed by atoms with Gasteiger partial charge in [-0.3, -0.25) is 0 Å². The quantitative estimate of drug-likeness (QED) is 0.871. The van der Waals surface area contributed by atoms with Gasteiger partial charge in [-0.05, 0) is 24.3 Å². The van der Waals surface area contributed by atoms with E-state index in [2.05, 4.69) is 4.98 Å². The molecule has 94 valence electrons. The van der Waals surface area contributed by atoms with E-state index >= 15 is 0 Å². The van der Waals surface area contributed by atoms with Gasteiger partial charge in [-0.1, -0.05) is 6.07 Å². The Bertz CT molecular complexity index is 589. The van der Waals surface area contributed by atoms with Gasteiger partial charge in [-0.25, -0.2) is 9.78 Å². The van der Waals surface area contributed by atoms with Crippen LogP contribution in [-0.2, 0) is 6.54 Å². The van der Waals surface area contributed by atoms with Gasteiger partial charge in [0.15, 0.2) is 11.5 Å². The zero-order valence-electron chi connectivity index (χ0n) is 9.54. The van der Waals surface area contributed by atoms with Crippen molar-refractivity contribution in [3.8, 4) is 10.7 Å². The third-order valence-corrected chi connectivity index (χ3v) is 3.99. The summed E-state index contributed by atoms with van der Waals surface area (Å²) in [6.07, 6.45) is 0.698. The van der Waals surface area contributed by atoms with Gasteiger partial charge in [0.05, 0.1) is 16.7 Å². The first-order chi connectivity index (χ1) is 8.68. The minimum absolute atomic E-state index is 0.0226. The van der Waals surface area contributed by atoms with E-state index in [1.54, 1.807) is 0 Å². The van der Waals surface area contributed by atoms with E-state index in [-0.39, 0.29) is 5.69 Å². The number of aromatic nitrogens is 2. The van der Waals surface area contributed by atoms with Gasteiger partial charge < -0.3 is 14.8 Å². The molecule has 0 aromatic carbocycles. The van der Waals surface area contributed by atoms with E-state index in [0.717, 1.165) is 11.3 Å². The van der Waals surface area contributed by atoms with Crippen molar-refractivity contribution in [2.75, 3.05) is 0 Å². The number of aromatic carboxylic acids is 1. The minimum atomic E-state index is -1.08. The molecule has 2 aromatic rings. The molecular formula is C12H12N2O3S. The highest BCUT2D eigenvalue weighted by atomic mass is 32.1. The molecule has 0 spiro atoms. The predicted molar refractivity (Wildman–Crippen MR) is 66.7 cm³/mol. The number of fused-ring (bicyclic) bond motifs is 1. The maximum Gasteiger partial charge on any atom is 0.356 e. The van der Waals surface area contributed by atoms with Gasteiger partial charge >= 0.3 is 5.97 Å². The van der Waals surface area contributed by atoms with Crippen LogP contribution in [0, 0.1) is 0 Å². The second-order valence-corrected chi connectivity index (χ2v) is 5.21. The first-order valence-corrected chi connectivity index (χ1v) is 6.62. The standard InChI is InChI=1S/C12H12N2O3S/c15-7-3-1-5-14-10(7)9(12(16)17)13-11(14)8-4-2-6-18-8/h2,4,6-7,15H,1,3,5H2,(H,16,17). The Kier molecular flexibility index (Phi) is 2.68. The third-order valence-electron chi connectivity index (χ3n) is 3.13. The second kappa shape index (κ2) is 4.22. The Hall–Kier alpha value is -1.66. The van der Waals surface area contributed by atoms with Crippen molar-refractivity contribution < 1.29 is 15.0 Å². The molecule has 0 aliphatic carbocycles. The van der Waals surface area contributed by atoms with Crippen molar-refractivity contribution in [3.05, 3.63) is 28.9 Å². The lowest BCUT2D eigenvalue weighted by atomic mass is 10.1. The normalized spacial score (nSPS) is 18.6. The molecule has 18 heavy (non-hydrogen) atoms. The highest BCUT2D eigenvalue weighted by Crippen LogP contribution is 2.34. The number of nitrogens with zero attached hydrogens (tertiary/aromatic N) is 2. The van der Waals surface area contributed by atoms with Gasteiger partial charge in [0, 0.05) is 6.54 Å². The zero-order chi connectivity index (χ0) is 12.7. The summed E-state index contributed by atoms with van der Waals surface area (Å²) >= 11 is 1.52. The minimum Gasteiger partial charge on any atom is -0.476 e. The second-order valence-electron chi connectivity index (χ2n) is 4.26. The van der Waals surface area contributed by atoms with E-state index in [4.69, 9.17) is 0 Å². The van der Waals surface area contributed by atoms with E-state index in [0.29, 0.717) is 24.5 Å². The molecule has 3 heterocycles. The van der Waals surface area contributed by atoms with Crippen LogP contribution in [0.2, 0.25) is 0 Å². The average molecular weight is 264 g/mol. The highest BCUT2D eigenvalue weighted by molar-refractivity contribution is 7.13. The van der Waals surface area contributed by atoms with Crippen molar-refractivity contribution >= 4 is 17.3 Å². The highest BCUT2D eigenvalue weighted by Gasteiger charge is 2.30. The smallest absolute Gasteiger partial charge is 0.356 e. The van der Waals surface area contributed by atoms with Gasteiger partial charge in [-0.15, -0.1) is 11.3 Å². The summed E-state index contributed by atoms with van der Waals surface area (Å²) in [5, 5.41) is 21.1. The summed E-state index contributed by atoms with van der Waals surface area (Å²) in [7, 11) is 0. The van der Waals surface area contributed by atoms with Crippen LogP contribution in [0.1, 0.15) is 35.1 Å². The number of hydrogen-bond acceptors (Lipinski definition) is 4. The van der Waals surface area contributed by atoms with Crippen LogP contribution in [0.5, 0.6) is 0 Å². The molecule has 0 saturated carbocycles. The van der Waals surface area contributed by atoms with Gasteiger partial charge in [0.1, 0.15) is 0 Å². The molecule has 2 N–H and O–H groups in total. The molecule has 6 heteroatoms. The Morgan fingerprint density at radius 1 is 1.56 bits per heavy atom. The van der Waals surface area contributed by atoms with Gasteiger partial charge in [0.25, 0.3) is 0 Å². The topological polar surface area (TPSA) is 75.3 Å². The van der Waals surface area contributed by atoms with Gasteiger partial charge in [0.2, 0.25) is 0 Å². The summed E-state index contributed by atoms with van der Waals surface area (Å²) in [6.45, 7) is 0.708. The summed E-state index contributed by atoms with van der Waals surface area (Å²) < 4.78 is 1.84. The molecule has 1 aliphatic heterocycles. The Morgan fingerprint density at radius 2 is 2.39 bits per heavy atom. The lowest BCUT2D eigenvalue weighted by molar-refractivity contribution is 0.0677. The number of carbonyl (C=O) groups is 1. The molecule has 0 fully saturated rings. The Morgan fingerprint density at radius 3 is 3.06 bits per heavy atom. The van der Waals surface area contributed by atoms with Gasteiger partial charge in [-0.2, -0.15) is 0 Å². The number of rotatable bonds is 2. The zero-order valence-corrected chi connectivity index (χ0v) is 10.4. The fourth-order valence-electron chi connectivity index (χ4n) is 2.36. The lowest BCUT2D eigenvalue weighted by Crippen LogP contribution is -2.18. The van der Waals surface area contributed by atoms with E-state index in [9.17, 15) is 15.0 Å². The molecule has 5 nitrogen and oxygen atoms in total. The number of aliphatic hydroxyl groups excluding tert-OH is 1. The number of thiophene rings is 1. The van der Waals surface area contributed by atoms with Crippen LogP contribution in [0.15, 0.2) is 17.5 Å². The monoisotopic (exact) mass is 264 g/mol. The summed E-state index contributed by atoms with van der Waals surface area (Å²) in [5.41, 5.74) is 0.419. The third kappa shape index (κ3) is 1.65. The maximum atomic E-state index is 11.2. The molecule has 1 atom stereocenters. The molecular weight excluding hydrogens is 252 g/mol. The number of carboxylic acid groups (broad SMARTS) is 1. The molecule has 0 radical (unpaired) electrons. The van der Waals surface area contributed by atoms with Crippen LogP contribution in [0.3, 0.4) is 0 Å². The molecule has 0 saturated heterocycles. The van der Waals surface area contributed by atoms with Crippen molar-refractivity contribution in [1.82, 2.24) is 9.55 Å². The fourth-order valence-corrected chi connectivity index (χ4v) is 3.08. The number of carboxylic acids is 1. The van der Waals surface area contributed by atoms with Crippen molar-refractivity contribution in [3.63, 3.8) is 0 Å². The summed E-state index contributed by atoms with van der Waals surface area (Å²) in [4.78, 5) is 16.3. The molecule has 2 aromatic heterocycles. The lowest BCUT2D eigenvalue weighted by Gasteiger charge is -2.21. The van der Waals surface area contributed by atoms with Crippen molar-refractivity contribution in [2.24, 2.45) is 0 Å². The number of aliphatic hydroxyl groups is 1. The first-order valence-electron chi connectivity index (χ1n) is 5.74. The maximum absolute atomic E-state index is 11.2. The van der Waals surface area contributed by atoms with E-state index < -0.39 is 12.1 Å². The first kappa shape index (κ1) is 11.4.